The summed E-state index contributed by atoms with van der Waals surface area (Å²) >= 11 is 1.89. The number of rotatable bonds is 2. The summed E-state index contributed by atoms with van der Waals surface area (Å²) in [7, 11) is 0. The fourth-order valence-corrected chi connectivity index (χ4v) is 2.67. The Morgan fingerprint density at radius 3 is 2.80 bits per heavy atom. The molecule has 0 aliphatic carbocycles. The molecule has 1 heterocycles. The lowest BCUT2D eigenvalue weighted by Crippen LogP contribution is -2.37. The molecule has 1 aliphatic rings. The second-order valence-corrected chi connectivity index (χ2v) is 4.67. The molecule has 80 valence electrons. The number of para-hydroxylation sites is 1. The lowest BCUT2D eigenvalue weighted by atomic mass is 10.3. The number of hydrogen-bond acceptors (Lipinski definition) is 2. The lowest BCUT2D eigenvalue weighted by molar-refractivity contribution is 0.249. The molecule has 15 heavy (non-hydrogen) atoms. The number of anilines is 1. The summed E-state index contributed by atoms with van der Waals surface area (Å²) in [5.41, 5.74) is 0.834. The number of urea groups is 1. The summed E-state index contributed by atoms with van der Waals surface area (Å²) in [5, 5.41) is 5.77. The summed E-state index contributed by atoms with van der Waals surface area (Å²) in [4.78, 5) is 11.5. The molecular weight excluding hydrogens is 208 g/mol. The average Bonchev–Trinajstić information content (AvgIpc) is 2.71. The Labute approximate surface area is 93.6 Å². The van der Waals surface area contributed by atoms with E-state index in [4.69, 9.17) is 0 Å². The van der Waals surface area contributed by atoms with Gasteiger partial charge in [-0.05, 0) is 24.3 Å². The van der Waals surface area contributed by atoms with Crippen LogP contribution in [0.15, 0.2) is 30.3 Å². The fourth-order valence-electron chi connectivity index (χ4n) is 1.52. The topological polar surface area (TPSA) is 41.1 Å². The van der Waals surface area contributed by atoms with E-state index in [-0.39, 0.29) is 6.03 Å². The third kappa shape index (κ3) is 3.16. The zero-order valence-corrected chi connectivity index (χ0v) is 9.22. The molecule has 0 radical (unpaired) electrons. The van der Waals surface area contributed by atoms with Crippen molar-refractivity contribution < 1.29 is 4.79 Å². The van der Waals surface area contributed by atoms with E-state index in [1.165, 1.54) is 0 Å². The molecule has 0 spiro atoms. The highest BCUT2D eigenvalue weighted by atomic mass is 32.2. The van der Waals surface area contributed by atoms with Gasteiger partial charge in [0, 0.05) is 17.5 Å². The zero-order valence-electron chi connectivity index (χ0n) is 8.40. The predicted octanol–water partition coefficient (Wildman–Crippen LogP) is 2.31. The van der Waals surface area contributed by atoms with E-state index in [1.807, 2.05) is 42.1 Å². The van der Waals surface area contributed by atoms with Gasteiger partial charge in [-0.25, -0.2) is 4.79 Å². The number of amides is 2. The molecule has 3 nitrogen and oxygen atoms in total. The first-order chi connectivity index (χ1) is 7.34. The standard InChI is InChI=1S/C11H14N2OS/c14-11(13-10-6-7-15-8-10)12-9-4-2-1-3-5-9/h1-5,10H,6-8H2,(H2,12,13,14)/t10-/m0/s1. The Morgan fingerprint density at radius 2 is 2.13 bits per heavy atom. The van der Waals surface area contributed by atoms with E-state index >= 15 is 0 Å². The third-order valence-corrected chi connectivity index (χ3v) is 3.46. The molecule has 2 rings (SSSR count). The Morgan fingerprint density at radius 1 is 1.33 bits per heavy atom. The van der Waals surface area contributed by atoms with Gasteiger partial charge >= 0.3 is 6.03 Å². The number of nitrogens with one attached hydrogen (secondary N) is 2. The maximum atomic E-state index is 11.5. The van der Waals surface area contributed by atoms with Crippen LogP contribution in [0.3, 0.4) is 0 Å². The monoisotopic (exact) mass is 222 g/mol. The zero-order chi connectivity index (χ0) is 10.5. The highest BCUT2D eigenvalue weighted by Crippen LogP contribution is 2.17. The molecule has 0 unspecified atom stereocenters. The molecule has 1 atom stereocenters. The summed E-state index contributed by atoms with van der Waals surface area (Å²) in [6.07, 6.45) is 1.08. The van der Waals surface area contributed by atoms with Crippen LogP contribution in [0.4, 0.5) is 10.5 Å². The molecule has 1 saturated heterocycles. The van der Waals surface area contributed by atoms with Crippen molar-refractivity contribution in [2.45, 2.75) is 12.5 Å². The van der Waals surface area contributed by atoms with Crippen molar-refractivity contribution in [1.82, 2.24) is 5.32 Å². The Balaban J connectivity index is 1.82. The first kappa shape index (κ1) is 10.4. The van der Waals surface area contributed by atoms with Crippen molar-refractivity contribution in [3.63, 3.8) is 0 Å². The second-order valence-electron chi connectivity index (χ2n) is 3.53. The van der Waals surface area contributed by atoms with Crippen LogP contribution in [0.1, 0.15) is 6.42 Å². The fraction of sp³-hybridized carbons (Fsp3) is 0.364. The molecule has 0 saturated carbocycles. The van der Waals surface area contributed by atoms with Crippen molar-refractivity contribution in [1.29, 1.82) is 0 Å². The van der Waals surface area contributed by atoms with Gasteiger partial charge in [-0.15, -0.1) is 0 Å². The molecular formula is C11H14N2OS. The average molecular weight is 222 g/mol. The van der Waals surface area contributed by atoms with Crippen LogP contribution in [0.2, 0.25) is 0 Å². The van der Waals surface area contributed by atoms with Crippen molar-refractivity contribution >= 4 is 23.5 Å². The van der Waals surface area contributed by atoms with Gasteiger partial charge in [0.2, 0.25) is 0 Å². The lowest BCUT2D eigenvalue weighted by Gasteiger charge is -2.12. The maximum absolute atomic E-state index is 11.5. The van der Waals surface area contributed by atoms with Crippen LogP contribution >= 0.6 is 11.8 Å². The van der Waals surface area contributed by atoms with Gasteiger partial charge in [-0.1, -0.05) is 18.2 Å². The van der Waals surface area contributed by atoms with E-state index in [2.05, 4.69) is 10.6 Å². The number of benzene rings is 1. The summed E-state index contributed by atoms with van der Waals surface area (Å²) in [6.45, 7) is 0. The quantitative estimate of drug-likeness (QED) is 0.806. The van der Waals surface area contributed by atoms with Crippen LogP contribution in [-0.2, 0) is 0 Å². The Kier molecular flexibility index (Phi) is 3.50. The molecule has 0 bridgehead atoms. The largest absolute Gasteiger partial charge is 0.334 e. The van der Waals surface area contributed by atoms with Crippen molar-refractivity contribution in [2.75, 3.05) is 16.8 Å². The van der Waals surface area contributed by atoms with Gasteiger partial charge in [0.1, 0.15) is 0 Å². The van der Waals surface area contributed by atoms with E-state index in [9.17, 15) is 4.79 Å². The molecule has 0 aromatic heterocycles. The van der Waals surface area contributed by atoms with Crippen LogP contribution in [0, 0.1) is 0 Å². The van der Waals surface area contributed by atoms with E-state index < -0.39 is 0 Å². The molecule has 2 N–H and O–H groups in total. The molecule has 1 aromatic rings. The van der Waals surface area contributed by atoms with Gasteiger partial charge in [0.25, 0.3) is 0 Å². The summed E-state index contributed by atoms with van der Waals surface area (Å²) in [6, 6.07) is 9.72. The number of carbonyl (C=O) groups excluding carboxylic acids is 1. The van der Waals surface area contributed by atoms with Crippen LogP contribution in [0.5, 0.6) is 0 Å². The molecule has 1 aliphatic heterocycles. The maximum Gasteiger partial charge on any atom is 0.319 e. The highest BCUT2D eigenvalue weighted by molar-refractivity contribution is 7.99. The normalized spacial score (nSPS) is 19.9. The van der Waals surface area contributed by atoms with Crippen molar-refractivity contribution in [3.8, 4) is 0 Å². The van der Waals surface area contributed by atoms with Gasteiger partial charge in [-0.3, -0.25) is 0 Å². The number of thioether (sulfide) groups is 1. The Hall–Kier alpha value is -1.16. The van der Waals surface area contributed by atoms with Crippen LogP contribution < -0.4 is 10.6 Å². The molecule has 4 heteroatoms. The first-order valence-corrected chi connectivity index (χ1v) is 6.20. The highest BCUT2D eigenvalue weighted by Gasteiger charge is 2.17. The first-order valence-electron chi connectivity index (χ1n) is 5.05. The minimum absolute atomic E-state index is 0.103. The molecule has 1 fully saturated rings. The van der Waals surface area contributed by atoms with Gasteiger partial charge in [0.05, 0.1) is 0 Å². The van der Waals surface area contributed by atoms with Gasteiger partial charge < -0.3 is 10.6 Å². The van der Waals surface area contributed by atoms with E-state index in [0.717, 1.165) is 23.6 Å². The van der Waals surface area contributed by atoms with Crippen LogP contribution in [-0.4, -0.2) is 23.6 Å². The summed E-state index contributed by atoms with van der Waals surface area (Å²) in [5.74, 6) is 2.18. The SMILES string of the molecule is O=C(Nc1ccccc1)N[C@H]1CCSC1. The van der Waals surface area contributed by atoms with Gasteiger partial charge in [0.15, 0.2) is 0 Å². The van der Waals surface area contributed by atoms with E-state index in [0.29, 0.717) is 6.04 Å². The van der Waals surface area contributed by atoms with Gasteiger partial charge in [-0.2, -0.15) is 11.8 Å². The number of carbonyl (C=O) groups is 1. The minimum atomic E-state index is -0.103. The third-order valence-electron chi connectivity index (χ3n) is 2.30. The smallest absolute Gasteiger partial charge is 0.319 e. The summed E-state index contributed by atoms with van der Waals surface area (Å²) < 4.78 is 0. The number of hydrogen-bond donors (Lipinski definition) is 2. The van der Waals surface area contributed by atoms with Crippen molar-refractivity contribution in [3.05, 3.63) is 30.3 Å². The minimum Gasteiger partial charge on any atom is -0.334 e. The van der Waals surface area contributed by atoms with Crippen molar-refractivity contribution in [2.24, 2.45) is 0 Å². The van der Waals surface area contributed by atoms with Crippen LogP contribution in [0.25, 0.3) is 0 Å². The molecule has 2 amide bonds. The predicted molar refractivity (Wildman–Crippen MR) is 64.3 cm³/mol. The van der Waals surface area contributed by atoms with E-state index in [1.54, 1.807) is 0 Å². The molecule has 1 aromatic carbocycles. The second kappa shape index (κ2) is 5.07. The Bertz CT molecular complexity index is 323.